The topological polar surface area (TPSA) is 107 Å². The molecule has 0 aliphatic heterocycles. The number of aromatic nitrogens is 1. The fourth-order valence-corrected chi connectivity index (χ4v) is 2.32. The highest BCUT2D eigenvalue weighted by Gasteiger charge is 2.15. The van der Waals surface area contributed by atoms with Gasteiger partial charge >= 0.3 is 12.1 Å². The number of carbonyl (C=O) groups excluding carboxylic acids is 2. The van der Waals surface area contributed by atoms with Crippen LogP contribution in [0.2, 0.25) is 0 Å². The summed E-state index contributed by atoms with van der Waals surface area (Å²) in [6.07, 6.45) is -0.246. The number of fused-ring (bicyclic) bond motifs is 1. The number of nitrogens with one attached hydrogen (secondary N) is 2. The highest BCUT2D eigenvalue weighted by Crippen LogP contribution is 2.19. The van der Waals surface area contributed by atoms with Gasteiger partial charge in [0, 0.05) is 12.5 Å². The Kier molecular flexibility index (Phi) is 7.03. The Labute approximate surface area is 163 Å². The minimum Gasteiger partial charge on any atom is -0.492 e. The van der Waals surface area contributed by atoms with Gasteiger partial charge in [0.15, 0.2) is 0 Å². The van der Waals surface area contributed by atoms with Gasteiger partial charge in [-0.05, 0) is 44.4 Å². The molecule has 1 amide bonds. The van der Waals surface area contributed by atoms with Crippen LogP contribution in [0.15, 0.2) is 29.1 Å². The molecule has 0 bridgehead atoms. The maximum absolute atomic E-state index is 12.1. The van der Waals surface area contributed by atoms with Crippen molar-refractivity contribution in [3.8, 4) is 5.75 Å². The van der Waals surface area contributed by atoms with Gasteiger partial charge in [-0.15, -0.1) is 0 Å². The maximum Gasteiger partial charge on any atom is 0.407 e. The number of ether oxygens (including phenoxy) is 3. The van der Waals surface area contributed by atoms with Crippen LogP contribution in [0.3, 0.4) is 0 Å². The molecule has 2 aromatic rings. The van der Waals surface area contributed by atoms with Crippen molar-refractivity contribution in [3.63, 3.8) is 0 Å². The Morgan fingerprint density at radius 3 is 2.61 bits per heavy atom. The molecule has 0 atom stereocenters. The second kappa shape index (κ2) is 9.25. The average molecular weight is 390 g/mol. The van der Waals surface area contributed by atoms with E-state index in [1.807, 2.05) is 0 Å². The first-order valence-corrected chi connectivity index (χ1v) is 9.09. The van der Waals surface area contributed by atoms with E-state index in [0.717, 1.165) is 5.39 Å². The predicted molar refractivity (Wildman–Crippen MR) is 104 cm³/mol. The Morgan fingerprint density at radius 2 is 1.93 bits per heavy atom. The van der Waals surface area contributed by atoms with Crippen LogP contribution in [-0.2, 0) is 20.9 Å². The zero-order valence-electron chi connectivity index (χ0n) is 16.6. The molecule has 1 aromatic carbocycles. The summed E-state index contributed by atoms with van der Waals surface area (Å²) in [7, 11) is 0. The van der Waals surface area contributed by atoms with Crippen molar-refractivity contribution in [2.45, 2.75) is 46.3 Å². The Balaban J connectivity index is 1.94. The van der Waals surface area contributed by atoms with Gasteiger partial charge < -0.3 is 24.5 Å². The summed E-state index contributed by atoms with van der Waals surface area (Å²) < 4.78 is 15.8. The van der Waals surface area contributed by atoms with E-state index < -0.39 is 11.7 Å². The molecule has 1 aromatic heterocycles. The third kappa shape index (κ3) is 6.61. The fraction of sp³-hybridized carbons (Fsp3) is 0.450. The molecule has 0 fully saturated rings. The third-order valence-corrected chi connectivity index (χ3v) is 3.61. The zero-order valence-corrected chi connectivity index (χ0v) is 16.6. The lowest BCUT2D eigenvalue weighted by atomic mass is 10.1. The number of benzene rings is 1. The summed E-state index contributed by atoms with van der Waals surface area (Å²) in [5.41, 5.74) is 0.112. The highest BCUT2D eigenvalue weighted by atomic mass is 16.6. The summed E-state index contributed by atoms with van der Waals surface area (Å²) >= 11 is 0. The second-order valence-corrected chi connectivity index (χ2v) is 7.16. The molecule has 0 saturated heterocycles. The van der Waals surface area contributed by atoms with Crippen LogP contribution >= 0.6 is 0 Å². The van der Waals surface area contributed by atoms with E-state index in [-0.39, 0.29) is 37.7 Å². The van der Waals surface area contributed by atoms with E-state index in [1.54, 1.807) is 52.0 Å². The van der Waals surface area contributed by atoms with Gasteiger partial charge in [0.1, 0.15) is 24.6 Å². The molecule has 2 rings (SSSR count). The van der Waals surface area contributed by atoms with E-state index in [0.29, 0.717) is 16.8 Å². The van der Waals surface area contributed by atoms with Crippen LogP contribution in [0.25, 0.3) is 10.9 Å². The van der Waals surface area contributed by atoms with Gasteiger partial charge in [0.2, 0.25) is 0 Å². The first-order chi connectivity index (χ1) is 13.2. The van der Waals surface area contributed by atoms with Gasteiger partial charge in [0.05, 0.1) is 17.6 Å². The molecule has 28 heavy (non-hydrogen) atoms. The van der Waals surface area contributed by atoms with Gasteiger partial charge in [0.25, 0.3) is 5.56 Å². The lowest BCUT2D eigenvalue weighted by Gasteiger charge is -2.19. The van der Waals surface area contributed by atoms with Crippen molar-refractivity contribution < 1.29 is 23.8 Å². The van der Waals surface area contributed by atoms with Crippen molar-refractivity contribution in [2.24, 2.45) is 0 Å². The fourth-order valence-electron chi connectivity index (χ4n) is 2.32. The molecule has 0 saturated carbocycles. The van der Waals surface area contributed by atoms with Gasteiger partial charge in [-0.2, -0.15) is 0 Å². The summed E-state index contributed by atoms with van der Waals surface area (Å²) in [5.74, 6) is 0.197. The van der Waals surface area contributed by atoms with Crippen molar-refractivity contribution in [2.75, 3.05) is 13.2 Å². The van der Waals surface area contributed by atoms with E-state index in [4.69, 9.17) is 14.2 Å². The molecule has 0 spiro atoms. The van der Waals surface area contributed by atoms with Gasteiger partial charge in [-0.1, -0.05) is 6.92 Å². The quantitative estimate of drug-likeness (QED) is 0.556. The molecular weight excluding hydrogens is 364 g/mol. The predicted octanol–water partition coefficient (Wildman–Crippen LogP) is 2.88. The second-order valence-electron chi connectivity index (χ2n) is 7.16. The molecule has 0 aliphatic rings. The van der Waals surface area contributed by atoms with E-state index >= 15 is 0 Å². The van der Waals surface area contributed by atoms with E-state index in [9.17, 15) is 14.4 Å². The SMILES string of the molecule is CCC(=O)OCc1cc2ccc(OCCNC(=O)OC(C)(C)C)cc2[nH]c1=O. The number of hydrogen-bond acceptors (Lipinski definition) is 6. The van der Waals surface area contributed by atoms with Crippen molar-refractivity contribution in [1.82, 2.24) is 10.3 Å². The highest BCUT2D eigenvalue weighted by molar-refractivity contribution is 5.80. The largest absolute Gasteiger partial charge is 0.492 e. The van der Waals surface area contributed by atoms with Gasteiger partial charge in [-0.3, -0.25) is 9.59 Å². The normalized spacial score (nSPS) is 11.1. The smallest absolute Gasteiger partial charge is 0.407 e. The zero-order chi connectivity index (χ0) is 20.7. The number of pyridine rings is 1. The number of aromatic amines is 1. The molecule has 8 heteroatoms. The van der Waals surface area contributed by atoms with Crippen molar-refractivity contribution in [1.29, 1.82) is 0 Å². The van der Waals surface area contributed by atoms with Crippen molar-refractivity contribution in [3.05, 3.63) is 40.2 Å². The number of H-pyrrole nitrogens is 1. The molecule has 8 nitrogen and oxygen atoms in total. The molecule has 2 N–H and O–H groups in total. The number of amides is 1. The average Bonchev–Trinajstić information content (AvgIpc) is 2.61. The van der Waals surface area contributed by atoms with Crippen molar-refractivity contribution >= 4 is 23.0 Å². The van der Waals surface area contributed by atoms with Crippen LogP contribution < -0.4 is 15.6 Å². The molecular formula is C20H26N2O6. The molecule has 152 valence electrons. The number of alkyl carbamates (subject to hydrolysis) is 1. The van der Waals surface area contributed by atoms with E-state index in [1.165, 1.54) is 0 Å². The summed E-state index contributed by atoms with van der Waals surface area (Å²) in [6.45, 7) is 7.53. The number of hydrogen-bond donors (Lipinski definition) is 2. The number of carbonyl (C=O) groups is 2. The van der Waals surface area contributed by atoms with Crippen LogP contribution in [0.4, 0.5) is 4.79 Å². The lowest BCUT2D eigenvalue weighted by Crippen LogP contribution is -2.34. The first kappa shape index (κ1) is 21.3. The number of rotatable bonds is 7. The Bertz CT molecular complexity index is 898. The van der Waals surface area contributed by atoms with Crippen LogP contribution in [0, 0.1) is 0 Å². The summed E-state index contributed by atoms with van der Waals surface area (Å²) in [4.78, 5) is 37.7. The monoisotopic (exact) mass is 390 g/mol. The summed E-state index contributed by atoms with van der Waals surface area (Å²) in [6, 6.07) is 6.94. The van der Waals surface area contributed by atoms with E-state index in [2.05, 4.69) is 10.3 Å². The minimum absolute atomic E-state index is 0.0630. The van der Waals surface area contributed by atoms with Crippen LogP contribution in [0.5, 0.6) is 5.75 Å². The molecule has 0 aliphatic carbocycles. The first-order valence-electron chi connectivity index (χ1n) is 9.09. The molecule has 1 heterocycles. The Morgan fingerprint density at radius 1 is 1.18 bits per heavy atom. The summed E-state index contributed by atoms with van der Waals surface area (Å²) in [5, 5.41) is 3.40. The maximum atomic E-state index is 12.1. The van der Waals surface area contributed by atoms with Gasteiger partial charge in [-0.25, -0.2) is 4.79 Å². The molecule has 0 unspecified atom stereocenters. The third-order valence-electron chi connectivity index (χ3n) is 3.61. The lowest BCUT2D eigenvalue weighted by molar-refractivity contribution is -0.144. The molecule has 0 radical (unpaired) electrons. The standard InChI is InChI=1S/C20H26N2O6/c1-5-17(23)27-12-14-10-13-6-7-15(11-16(13)22-18(14)24)26-9-8-21-19(25)28-20(2,3)4/h6-7,10-11H,5,8-9,12H2,1-4H3,(H,21,25)(H,22,24). The number of esters is 1. The van der Waals surface area contributed by atoms with Crippen LogP contribution in [-0.4, -0.2) is 35.8 Å². The van der Waals surface area contributed by atoms with Crippen LogP contribution in [0.1, 0.15) is 39.7 Å². The minimum atomic E-state index is -0.553. The Hall–Kier alpha value is -3.03.